The Morgan fingerprint density at radius 2 is 2.11 bits per heavy atom. The van der Waals surface area contributed by atoms with E-state index in [9.17, 15) is 13.2 Å². The van der Waals surface area contributed by atoms with E-state index in [1.165, 1.54) is 12.3 Å². The lowest BCUT2D eigenvalue weighted by atomic mass is 10.2. The van der Waals surface area contributed by atoms with Crippen LogP contribution in [0.25, 0.3) is 0 Å². The van der Waals surface area contributed by atoms with Gasteiger partial charge in [0.15, 0.2) is 0 Å². The predicted molar refractivity (Wildman–Crippen MR) is 66.6 cm³/mol. The van der Waals surface area contributed by atoms with Crippen molar-refractivity contribution in [3.8, 4) is 0 Å². The van der Waals surface area contributed by atoms with Crippen LogP contribution in [-0.4, -0.2) is 28.8 Å². The van der Waals surface area contributed by atoms with Crippen LogP contribution in [0.15, 0.2) is 17.4 Å². The van der Waals surface area contributed by atoms with Crippen LogP contribution in [0.5, 0.6) is 0 Å². The van der Waals surface area contributed by atoms with Crippen molar-refractivity contribution in [2.24, 2.45) is 5.16 Å². The van der Waals surface area contributed by atoms with Gasteiger partial charge in [0.05, 0.1) is 15.4 Å². The Morgan fingerprint density at radius 3 is 2.61 bits per heavy atom. The molecule has 0 spiro atoms. The summed E-state index contributed by atoms with van der Waals surface area (Å²) in [4.78, 5) is 8.07. The first kappa shape index (κ1) is 15.5. The number of oxime groups is 1. The number of halogens is 6. The monoisotopic (exact) mass is 364 g/mol. The number of hydrogen-bond acceptors (Lipinski definition) is 3. The molecule has 0 aliphatic rings. The van der Waals surface area contributed by atoms with E-state index in [1.54, 1.807) is 0 Å². The van der Waals surface area contributed by atoms with Gasteiger partial charge >= 0.3 is 6.18 Å². The van der Waals surface area contributed by atoms with Crippen molar-refractivity contribution in [3.05, 3.63) is 28.0 Å². The second-order valence-electron chi connectivity index (χ2n) is 3.04. The highest BCUT2D eigenvalue weighted by molar-refractivity contribution is 9.09. The third-order valence-corrected chi connectivity index (χ3v) is 2.64. The molecule has 0 aliphatic heterocycles. The highest BCUT2D eigenvalue weighted by Crippen LogP contribution is 2.20. The van der Waals surface area contributed by atoms with Crippen molar-refractivity contribution in [1.82, 2.24) is 4.98 Å². The molecule has 0 bridgehead atoms. The summed E-state index contributed by atoms with van der Waals surface area (Å²) in [5.74, 6) is 0. The van der Waals surface area contributed by atoms with Gasteiger partial charge in [-0.05, 0) is 6.07 Å². The second-order valence-corrected chi connectivity index (χ2v) is 4.45. The zero-order chi connectivity index (χ0) is 13.8. The number of pyridine rings is 1. The molecule has 0 radical (unpaired) electrons. The lowest BCUT2D eigenvalue weighted by molar-refractivity contribution is -0.173. The average Bonchev–Trinajstić information content (AvgIpc) is 2.24. The van der Waals surface area contributed by atoms with Gasteiger partial charge in [-0.3, -0.25) is 4.98 Å². The van der Waals surface area contributed by atoms with Gasteiger partial charge in [0.25, 0.3) is 0 Å². The summed E-state index contributed by atoms with van der Waals surface area (Å²) in [6, 6.07) is 1.41. The molecule has 18 heavy (non-hydrogen) atoms. The maximum absolute atomic E-state index is 11.9. The number of rotatable bonds is 4. The molecule has 1 heterocycles. The molecule has 9 heteroatoms. The van der Waals surface area contributed by atoms with Crippen LogP contribution in [0.1, 0.15) is 5.69 Å². The van der Waals surface area contributed by atoms with Gasteiger partial charge in [-0.2, -0.15) is 13.2 Å². The quantitative estimate of drug-likeness (QED) is 0.458. The van der Waals surface area contributed by atoms with Gasteiger partial charge in [-0.1, -0.05) is 44.3 Å². The number of alkyl halides is 4. The SMILES string of the molecule is FC(F)(F)CON=C(CBr)c1ncc(Cl)cc1Cl. The molecule has 1 aromatic rings. The van der Waals surface area contributed by atoms with Crippen molar-refractivity contribution >= 4 is 44.8 Å². The van der Waals surface area contributed by atoms with Gasteiger partial charge in [0.2, 0.25) is 6.61 Å². The van der Waals surface area contributed by atoms with Gasteiger partial charge in [-0.25, -0.2) is 0 Å². The average molecular weight is 366 g/mol. The lowest BCUT2D eigenvalue weighted by Gasteiger charge is -2.07. The Hall–Kier alpha value is -0.530. The maximum atomic E-state index is 11.9. The zero-order valence-corrected chi connectivity index (χ0v) is 11.7. The summed E-state index contributed by atoms with van der Waals surface area (Å²) < 4.78 is 35.6. The molecule has 0 amide bonds. The van der Waals surface area contributed by atoms with Crippen molar-refractivity contribution in [3.63, 3.8) is 0 Å². The highest BCUT2D eigenvalue weighted by Gasteiger charge is 2.28. The van der Waals surface area contributed by atoms with Crippen LogP contribution in [0, 0.1) is 0 Å². The third kappa shape index (κ3) is 4.99. The first-order valence-corrected chi connectivity index (χ1v) is 6.34. The minimum atomic E-state index is -4.45. The van der Waals surface area contributed by atoms with Gasteiger partial charge in [-0.15, -0.1) is 0 Å². The first-order chi connectivity index (χ1) is 8.33. The van der Waals surface area contributed by atoms with Crippen LogP contribution < -0.4 is 0 Å². The molecule has 0 fully saturated rings. The number of aromatic nitrogens is 1. The van der Waals surface area contributed by atoms with Crippen LogP contribution in [0.4, 0.5) is 13.2 Å². The van der Waals surface area contributed by atoms with E-state index in [-0.39, 0.29) is 21.8 Å². The molecule has 0 N–H and O–H groups in total. The normalized spacial score (nSPS) is 12.7. The molecule has 0 aromatic carbocycles. The summed E-state index contributed by atoms with van der Waals surface area (Å²) in [6.07, 6.45) is -3.14. The molecular formula is C9H6BrCl2F3N2O. The fourth-order valence-electron chi connectivity index (χ4n) is 0.941. The highest BCUT2D eigenvalue weighted by atomic mass is 79.9. The minimum absolute atomic E-state index is 0.138. The molecule has 0 saturated carbocycles. The molecular weight excluding hydrogens is 360 g/mol. The Balaban J connectivity index is 2.85. The van der Waals surface area contributed by atoms with E-state index < -0.39 is 12.8 Å². The van der Waals surface area contributed by atoms with E-state index >= 15 is 0 Å². The molecule has 100 valence electrons. The largest absolute Gasteiger partial charge is 0.425 e. The van der Waals surface area contributed by atoms with Gasteiger partial charge in [0.1, 0.15) is 11.4 Å². The molecule has 0 aliphatic carbocycles. The maximum Gasteiger partial charge on any atom is 0.425 e. The molecule has 1 rings (SSSR count). The molecule has 1 aromatic heterocycles. The predicted octanol–water partition coefficient (Wildman–Crippen LogP) is 4.07. The topological polar surface area (TPSA) is 34.5 Å². The summed E-state index contributed by atoms with van der Waals surface area (Å²) in [5.41, 5.74) is 0.348. The van der Waals surface area contributed by atoms with Crippen LogP contribution in [0.2, 0.25) is 10.0 Å². The fraction of sp³-hybridized carbons (Fsp3) is 0.333. The van der Waals surface area contributed by atoms with Crippen LogP contribution in [-0.2, 0) is 4.84 Å². The van der Waals surface area contributed by atoms with Crippen molar-refractivity contribution in [2.45, 2.75) is 6.18 Å². The van der Waals surface area contributed by atoms with E-state index in [1.807, 2.05) is 0 Å². The van der Waals surface area contributed by atoms with Crippen molar-refractivity contribution in [1.29, 1.82) is 0 Å². The number of nitrogens with zero attached hydrogens (tertiary/aromatic N) is 2. The summed E-state index contributed by atoms with van der Waals surface area (Å²) in [5, 5.41) is 3.98. The van der Waals surface area contributed by atoms with Gasteiger partial charge < -0.3 is 4.84 Å². The summed E-state index contributed by atoms with van der Waals surface area (Å²) in [7, 11) is 0. The Morgan fingerprint density at radius 1 is 1.44 bits per heavy atom. The Labute approximate surface area is 119 Å². The molecule has 3 nitrogen and oxygen atoms in total. The standard InChI is InChI=1S/C9H6BrCl2F3N2O/c10-2-7(17-18-4-9(13,14)15)8-6(12)1-5(11)3-16-8/h1,3H,2,4H2. The van der Waals surface area contributed by atoms with Crippen LogP contribution in [0.3, 0.4) is 0 Å². The van der Waals surface area contributed by atoms with E-state index in [0.717, 1.165) is 0 Å². The first-order valence-electron chi connectivity index (χ1n) is 4.46. The zero-order valence-electron chi connectivity index (χ0n) is 8.64. The molecule has 0 unspecified atom stereocenters. The summed E-state index contributed by atoms with van der Waals surface area (Å²) in [6.45, 7) is -1.48. The second kappa shape index (κ2) is 6.58. The molecule has 0 saturated heterocycles. The van der Waals surface area contributed by atoms with E-state index in [4.69, 9.17) is 23.2 Å². The minimum Gasteiger partial charge on any atom is -0.386 e. The van der Waals surface area contributed by atoms with E-state index in [0.29, 0.717) is 5.02 Å². The Kier molecular flexibility index (Phi) is 5.68. The van der Waals surface area contributed by atoms with Crippen molar-refractivity contribution in [2.75, 3.05) is 11.9 Å². The fourth-order valence-corrected chi connectivity index (χ4v) is 1.80. The smallest absolute Gasteiger partial charge is 0.386 e. The Bertz CT molecular complexity index is 454. The summed E-state index contributed by atoms with van der Waals surface area (Å²) >= 11 is 14.6. The van der Waals surface area contributed by atoms with E-state index in [2.05, 4.69) is 30.9 Å². The molecule has 0 atom stereocenters. The number of hydrogen-bond donors (Lipinski definition) is 0. The third-order valence-electron chi connectivity index (χ3n) is 1.61. The van der Waals surface area contributed by atoms with Gasteiger partial charge in [0, 0.05) is 6.20 Å². The van der Waals surface area contributed by atoms with Crippen LogP contribution >= 0.6 is 39.1 Å². The lowest BCUT2D eigenvalue weighted by Crippen LogP contribution is -2.16. The van der Waals surface area contributed by atoms with Crippen molar-refractivity contribution < 1.29 is 18.0 Å².